The summed E-state index contributed by atoms with van der Waals surface area (Å²) in [7, 11) is -3.04. The van der Waals surface area contributed by atoms with Crippen LogP contribution in [0.3, 0.4) is 0 Å². The summed E-state index contributed by atoms with van der Waals surface area (Å²) in [6, 6.07) is 7.61. The summed E-state index contributed by atoms with van der Waals surface area (Å²) < 4.78 is 24.9. The molecule has 0 amide bonds. The topological polar surface area (TPSA) is 63.4 Å². The fourth-order valence-electron chi connectivity index (χ4n) is 1.97. The van der Waals surface area contributed by atoms with Crippen LogP contribution in [0.1, 0.15) is 17.5 Å². The van der Waals surface area contributed by atoms with E-state index in [2.05, 4.69) is 11.8 Å². The second-order valence-corrected chi connectivity index (χ2v) is 6.30. The molecule has 1 aromatic rings. The van der Waals surface area contributed by atoms with E-state index in [1.807, 2.05) is 24.3 Å². The Morgan fingerprint density at radius 1 is 1.39 bits per heavy atom. The minimum Gasteiger partial charge on any atom is -0.320 e. The summed E-state index contributed by atoms with van der Waals surface area (Å²) in [5.41, 5.74) is 7.15. The van der Waals surface area contributed by atoms with Crippen molar-refractivity contribution >= 4 is 10.0 Å². The van der Waals surface area contributed by atoms with E-state index in [0.29, 0.717) is 19.6 Å². The molecule has 1 saturated heterocycles. The van der Waals surface area contributed by atoms with E-state index < -0.39 is 10.0 Å². The van der Waals surface area contributed by atoms with Crippen molar-refractivity contribution in [1.82, 2.24) is 4.31 Å². The van der Waals surface area contributed by atoms with Crippen LogP contribution in [-0.4, -0.2) is 31.6 Å². The number of sulfonamides is 1. The molecule has 0 spiro atoms. The van der Waals surface area contributed by atoms with Crippen molar-refractivity contribution in [3.63, 3.8) is 0 Å². The summed E-state index contributed by atoms with van der Waals surface area (Å²) >= 11 is 0. The first-order valence-corrected chi connectivity index (χ1v) is 7.48. The average molecular weight is 264 g/mol. The molecular weight excluding hydrogens is 248 g/mol. The molecule has 96 valence electrons. The lowest BCUT2D eigenvalue weighted by molar-refractivity contribution is 0.440. The van der Waals surface area contributed by atoms with Gasteiger partial charge >= 0.3 is 0 Å². The summed E-state index contributed by atoms with van der Waals surface area (Å²) in [6.07, 6.45) is 0.717. The highest BCUT2D eigenvalue weighted by Crippen LogP contribution is 2.17. The normalized spacial score (nSPS) is 18.3. The van der Waals surface area contributed by atoms with Gasteiger partial charge in [0, 0.05) is 18.7 Å². The van der Waals surface area contributed by atoms with Crippen molar-refractivity contribution < 1.29 is 8.42 Å². The smallest absolute Gasteiger partial charge is 0.214 e. The van der Waals surface area contributed by atoms with Gasteiger partial charge in [-0.05, 0) is 24.1 Å². The van der Waals surface area contributed by atoms with Crippen molar-refractivity contribution in [2.45, 2.75) is 13.0 Å². The minimum absolute atomic E-state index is 0.264. The standard InChI is InChI=1S/C13H16N2O2S/c14-7-2-6-12-4-1-5-13(10-12)11-15-8-3-9-18(15,16)17/h1,4-5,10H,3,7-9,11,14H2. The number of nitrogens with zero attached hydrogens (tertiary/aromatic N) is 1. The van der Waals surface area contributed by atoms with E-state index in [-0.39, 0.29) is 5.75 Å². The Kier molecular flexibility index (Phi) is 4.02. The highest BCUT2D eigenvalue weighted by Gasteiger charge is 2.27. The van der Waals surface area contributed by atoms with Gasteiger partial charge in [0.15, 0.2) is 0 Å². The summed E-state index contributed by atoms with van der Waals surface area (Å²) in [4.78, 5) is 0. The van der Waals surface area contributed by atoms with Crippen LogP contribution >= 0.6 is 0 Å². The molecule has 1 aliphatic rings. The molecule has 5 heteroatoms. The third kappa shape index (κ3) is 3.10. The van der Waals surface area contributed by atoms with Gasteiger partial charge in [-0.1, -0.05) is 24.0 Å². The highest BCUT2D eigenvalue weighted by molar-refractivity contribution is 7.89. The maximum atomic E-state index is 11.7. The quantitative estimate of drug-likeness (QED) is 0.793. The van der Waals surface area contributed by atoms with Gasteiger partial charge in [-0.3, -0.25) is 0 Å². The third-order valence-electron chi connectivity index (χ3n) is 2.82. The molecule has 1 fully saturated rings. The number of hydrogen-bond acceptors (Lipinski definition) is 3. The predicted molar refractivity (Wildman–Crippen MR) is 71.2 cm³/mol. The molecule has 4 nitrogen and oxygen atoms in total. The van der Waals surface area contributed by atoms with E-state index >= 15 is 0 Å². The Balaban J connectivity index is 2.15. The van der Waals surface area contributed by atoms with E-state index in [1.54, 1.807) is 0 Å². The van der Waals surface area contributed by atoms with E-state index in [4.69, 9.17) is 5.73 Å². The van der Waals surface area contributed by atoms with Gasteiger partial charge in [0.05, 0.1) is 12.3 Å². The molecule has 2 rings (SSSR count). The molecule has 0 radical (unpaired) electrons. The lowest BCUT2D eigenvalue weighted by Gasteiger charge is -2.14. The Bertz CT molecular complexity index is 584. The molecule has 0 aliphatic carbocycles. The van der Waals surface area contributed by atoms with Crippen LogP contribution < -0.4 is 5.73 Å². The Morgan fingerprint density at radius 2 is 2.22 bits per heavy atom. The van der Waals surface area contributed by atoms with E-state index in [0.717, 1.165) is 17.5 Å². The number of benzene rings is 1. The van der Waals surface area contributed by atoms with Gasteiger partial charge in [-0.25, -0.2) is 8.42 Å². The molecule has 0 unspecified atom stereocenters. The molecule has 0 saturated carbocycles. The van der Waals surface area contributed by atoms with Gasteiger partial charge in [-0.15, -0.1) is 0 Å². The van der Waals surface area contributed by atoms with E-state index in [9.17, 15) is 8.42 Å². The summed E-state index contributed by atoms with van der Waals surface area (Å²) in [5.74, 6) is 6.00. The summed E-state index contributed by atoms with van der Waals surface area (Å²) in [6.45, 7) is 1.37. The minimum atomic E-state index is -3.04. The monoisotopic (exact) mass is 264 g/mol. The predicted octanol–water partition coefficient (Wildman–Crippen LogP) is 0.532. The number of rotatable bonds is 2. The van der Waals surface area contributed by atoms with Gasteiger partial charge in [0.25, 0.3) is 0 Å². The van der Waals surface area contributed by atoms with Crippen LogP contribution in [0.5, 0.6) is 0 Å². The Morgan fingerprint density at radius 3 is 2.89 bits per heavy atom. The van der Waals surface area contributed by atoms with Gasteiger partial charge in [-0.2, -0.15) is 4.31 Å². The van der Waals surface area contributed by atoms with Crippen molar-refractivity contribution in [3.05, 3.63) is 35.4 Å². The van der Waals surface area contributed by atoms with Crippen LogP contribution in [0.15, 0.2) is 24.3 Å². The van der Waals surface area contributed by atoms with Crippen LogP contribution in [0, 0.1) is 11.8 Å². The first-order valence-electron chi connectivity index (χ1n) is 5.87. The lowest BCUT2D eigenvalue weighted by atomic mass is 10.1. The molecule has 1 heterocycles. The van der Waals surface area contributed by atoms with Crippen molar-refractivity contribution in [1.29, 1.82) is 0 Å². The highest BCUT2D eigenvalue weighted by atomic mass is 32.2. The zero-order chi connectivity index (χ0) is 13.0. The van der Waals surface area contributed by atoms with Crippen LogP contribution in [0.25, 0.3) is 0 Å². The molecular formula is C13H16N2O2S. The molecule has 1 aromatic carbocycles. The second kappa shape index (κ2) is 5.53. The van der Waals surface area contributed by atoms with Gasteiger partial charge in [0.2, 0.25) is 10.0 Å². The fraction of sp³-hybridized carbons (Fsp3) is 0.385. The second-order valence-electron chi connectivity index (χ2n) is 4.21. The van der Waals surface area contributed by atoms with Crippen LogP contribution in [-0.2, 0) is 16.6 Å². The largest absolute Gasteiger partial charge is 0.320 e. The SMILES string of the molecule is NCC#Cc1cccc(CN2CCCS2(=O)=O)c1. The van der Waals surface area contributed by atoms with E-state index in [1.165, 1.54) is 4.31 Å². The lowest BCUT2D eigenvalue weighted by Crippen LogP contribution is -2.25. The maximum absolute atomic E-state index is 11.7. The first-order chi connectivity index (χ1) is 8.62. The molecule has 2 N–H and O–H groups in total. The first kappa shape index (κ1) is 13.1. The van der Waals surface area contributed by atoms with Crippen molar-refractivity contribution in [3.8, 4) is 11.8 Å². The van der Waals surface area contributed by atoms with Gasteiger partial charge < -0.3 is 5.73 Å². The zero-order valence-corrected chi connectivity index (χ0v) is 10.9. The summed E-state index contributed by atoms with van der Waals surface area (Å²) in [5, 5.41) is 0. The van der Waals surface area contributed by atoms with Crippen molar-refractivity contribution in [2.24, 2.45) is 5.73 Å². The fourth-order valence-corrected chi connectivity index (χ4v) is 3.48. The number of nitrogens with two attached hydrogens (primary N) is 1. The Labute approximate surface area is 108 Å². The zero-order valence-electron chi connectivity index (χ0n) is 10.1. The number of hydrogen-bond donors (Lipinski definition) is 1. The molecule has 0 aromatic heterocycles. The van der Waals surface area contributed by atoms with Crippen LogP contribution in [0.2, 0.25) is 0 Å². The maximum Gasteiger partial charge on any atom is 0.214 e. The van der Waals surface area contributed by atoms with Gasteiger partial charge in [0.1, 0.15) is 0 Å². The molecule has 0 atom stereocenters. The molecule has 0 bridgehead atoms. The molecule has 18 heavy (non-hydrogen) atoms. The third-order valence-corrected chi connectivity index (χ3v) is 4.73. The molecule has 1 aliphatic heterocycles. The van der Waals surface area contributed by atoms with Crippen LogP contribution in [0.4, 0.5) is 0 Å². The average Bonchev–Trinajstić information content (AvgIpc) is 2.67. The Hall–Kier alpha value is -1.35. The van der Waals surface area contributed by atoms with Crippen molar-refractivity contribution in [2.75, 3.05) is 18.8 Å².